The second-order valence-electron chi connectivity index (χ2n) is 8.31. The summed E-state index contributed by atoms with van der Waals surface area (Å²) in [6, 6.07) is 12.7. The van der Waals surface area contributed by atoms with Gasteiger partial charge in [0.1, 0.15) is 17.5 Å². The highest BCUT2D eigenvalue weighted by Crippen LogP contribution is 2.43. The van der Waals surface area contributed by atoms with Crippen molar-refractivity contribution in [3.63, 3.8) is 0 Å². The summed E-state index contributed by atoms with van der Waals surface area (Å²) in [6.45, 7) is 4.11. The van der Waals surface area contributed by atoms with Crippen LogP contribution in [0, 0.1) is 18.6 Å². The van der Waals surface area contributed by atoms with Crippen LogP contribution >= 0.6 is 23.4 Å². The molecule has 34 heavy (non-hydrogen) atoms. The molecule has 2 aromatic carbocycles. The molecule has 1 amide bonds. The summed E-state index contributed by atoms with van der Waals surface area (Å²) in [6.07, 6.45) is 4.12. The van der Waals surface area contributed by atoms with Crippen LogP contribution in [0.4, 0.5) is 14.6 Å². The van der Waals surface area contributed by atoms with Crippen LogP contribution in [0.25, 0.3) is 0 Å². The van der Waals surface area contributed by atoms with Gasteiger partial charge in [0, 0.05) is 47.7 Å². The first-order valence-electron chi connectivity index (χ1n) is 11.3. The number of rotatable bonds is 9. The van der Waals surface area contributed by atoms with Crippen molar-refractivity contribution < 1.29 is 13.6 Å². The normalized spacial score (nSPS) is 14.5. The van der Waals surface area contributed by atoms with Gasteiger partial charge in [-0.15, -0.1) is 11.8 Å². The lowest BCUT2D eigenvalue weighted by Gasteiger charge is -2.21. The molecule has 4 nitrogen and oxygen atoms in total. The maximum Gasteiger partial charge on any atom is 0.222 e. The number of pyridine rings is 1. The summed E-state index contributed by atoms with van der Waals surface area (Å²) < 4.78 is 29.0. The van der Waals surface area contributed by atoms with Crippen LogP contribution in [0.15, 0.2) is 59.6 Å². The van der Waals surface area contributed by atoms with E-state index >= 15 is 0 Å². The number of carbonyl (C=O) groups excluding carboxylic acids is 1. The zero-order valence-corrected chi connectivity index (χ0v) is 20.4. The molecule has 2 heterocycles. The maximum atomic E-state index is 14.9. The zero-order chi connectivity index (χ0) is 24.1. The number of likely N-dealkylation sites (tertiary alicyclic amines) is 1. The summed E-state index contributed by atoms with van der Waals surface area (Å²) in [7, 11) is 0. The van der Waals surface area contributed by atoms with Gasteiger partial charge < -0.3 is 10.2 Å². The highest BCUT2D eigenvalue weighted by atomic mass is 35.5. The Morgan fingerprint density at radius 1 is 1.15 bits per heavy atom. The molecular weight excluding hydrogens is 476 g/mol. The third-order valence-corrected chi connectivity index (χ3v) is 7.36. The number of anilines is 1. The largest absolute Gasteiger partial charge is 0.370 e. The van der Waals surface area contributed by atoms with Crippen molar-refractivity contribution in [1.82, 2.24) is 9.88 Å². The molecule has 0 bridgehead atoms. The van der Waals surface area contributed by atoms with Gasteiger partial charge in [-0.1, -0.05) is 11.6 Å². The van der Waals surface area contributed by atoms with E-state index in [0.717, 1.165) is 47.5 Å². The maximum absolute atomic E-state index is 14.9. The number of nitrogens with zero attached hydrogens (tertiary/aromatic N) is 2. The van der Waals surface area contributed by atoms with Crippen molar-refractivity contribution in [3.05, 3.63) is 88.1 Å². The number of carbonyl (C=O) groups is 1. The highest BCUT2D eigenvalue weighted by molar-refractivity contribution is 7.99. The fourth-order valence-corrected chi connectivity index (χ4v) is 5.38. The van der Waals surface area contributed by atoms with Gasteiger partial charge >= 0.3 is 0 Å². The number of benzene rings is 2. The number of halogens is 3. The smallest absolute Gasteiger partial charge is 0.222 e. The minimum atomic E-state index is -0.486. The first-order valence-corrected chi connectivity index (χ1v) is 12.5. The molecule has 0 radical (unpaired) electrons. The van der Waals surface area contributed by atoms with Gasteiger partial charge in [0.05, 0.1) is 5.25 Å². The average Bonchev–Trinajstić information content (AvgIpc) is 3.24. The lowest BCUT2D eigenvalue weighted by atomic mass is 10.0. The molecule has 0 saturated carbocycles. The Labute approximate surface area is 207 Å². The molecule has 1 unspecified atom stereocenters. The fourth-order valence-electron chi connectivity index (χ4n) is 4.00. The summed E-state index contributed by atoms with van der Waals surface area (Å²) in [5.41, 5.74) is 1.99. The van der Waals surface area contributed by atoms with E-state index in [9.17, 15) is 13.6 Å². The zero-order valence-electron chi connectivity index (χ0n) is 18.9. The van der Waals surface area contributed by atoms with Crippen molar-refractivity contribution in [2.45, 2.75) is 36.3 Å². The number of nitrogens with one attached hydrogen (secondary N) is 1. The van der Waals surface area contributed by atoms with Crippen molar-refractivity contribution in [2.75, 3.05) is 25.0 Å². The molecule has 0 aliphatic carbocycles. The number of aryl methyl sites for hydroxylation is 1. The third kappa shape index (κ3) is 6.07. The Bertz CT molecular complexity index is 1160. The second kappa shape index (κ2) is 11.2. The molecule has 1 fully saturated rings. The van der Waals surface area contributed by atoms with Gasteiger partial charge in [-0.3, -0.25) is 4.79 Å². The van der Waals surface area contributed by atoms with E-state index in [0.29, 0.717) is 30.4 Å². The Kier molecular flexibility index (Phi) is 8.06. The third-order valence-electron chi connectivity index (χ3n) is 5.82. The van der Waals surface area contributed by atoms with Crippen LogP contribution in [0.1, 0.15) is 41.2 Å². The van der Waals surface area contributed by atoms with E-state index in [4.69, 9.17) is 11.6 Å². The van der Waals surface area contributed by atoms with Crippen LogP contribution in [-0.4, -0.2) is 35.4 Å². The second-order valence-corrected chi connectivity index (χ2v) is 9.92. The lowest BCUT2D eigenvalue weighted by molar-refractivity contribution is -0.127. The molecule has 8 heteroatoms. The van der Waals surface area contributed by atoms with Crippen molar-refractivity contribution in [3.8, 4) is 0 Å². The molecule has 1 saturated heterocycles. The minimum absolute atomic E-state index is 0.218. The van der Waals surface area contributed by atoms with Gasteiger partial charge in [0.15, 0.2) is 0 Å². The molecule has 3 aromatic rings. The average molecular weight is 502 g/mol. The molecule has 4 rings (SSSR count). The van der Waals surface area contributed by atoms with Crippen LogP contribution in [0.2, 0.25) is 5.02 Å². The fraction of sp³-hybridized carbons (Fsp3) is 0.308. The number of amides is 1. The van der Waals surface area contributed by atoms with Crippen molar-refractivity contribution in [2.24, 2.45) is 0 Å². The number of aromatic nitrogens is 1. The highest BCUT2D eigenvalue weighted by Gasteiger charge is 2.23. The first-order chi connectivity index (χ1) is 16.4. The van der Waals surface area contributed by atoms with Crippen molar-refractivity contribution in [1.29, 1.82) is 0 Å². The quantitative estimate of drug-likeness (QED) is 0.264. The van der Waals surface area contributed by atoms with Gasteiger partial charge in [-0.25, -0.2) is 13.8 Å². The van der Waals surface area contributed by atoms with Gasteiger partial charge in [0.25, 0.3) is 0 Å². The van der Waals surface area contributed by atoms with E-state index < -0.39 is 16.9 Å². The molecule has 178 valence electrons. The van der Waals surface area contributed by atoms with E-state index in [1.807, 2.05) is 30.0 Å². The van der Waals surface area contributed by atoms with Gasteiger partial charge in [-0.2, -0.15) is 0 Å². The Hall–Kier alpha value is -2.64. The summed E-state index contributed by atoms with van der Waals surface area (Å²) in [5, 5.41) is 3.44. The van der Waals surface area contributed by atoms with Crippen molar-refractivity contribution >= 4 is 35.1 Å². The molecule has 1 aromatic heterocycles. The Morgan fingerprint density at radius 2 is 1.94 bits per heavy atom. The SMILES string of the molecule is Cc1cnc(NCCCN2CCCC2=O)cc1C(Sc1ccc(Cl)cc1)c1cc(F)ccc1F. The number of hydrogen-bond acceptors (Lipinski definition) is 4. The van der Waals surface area contributed by atoms with Crippen LogP contribution in [0.3, 0.4) is 0 Å². The summed E-state index contributed by atoms with van der Waals surface area (Å²) in [4.78, 5) is 19.0. The molecular formula is C26H26ClF2N3OS. The van der Waals surface area contributed by atoms with Crippen LogP contribution < -0.4 is 5.32 Å². The summed E-state index contributed by atoms with van der Waals surface area (Å²) in [5.74, 6) is -0.0738. The van der Waals surface area contributed by atoms with E-state index in [1.165, 1.54) is 17.8 Å². The monoisotopic (exact) mass is 501 g/mol. The molecule has 1 atom stereocenters. The summed E-state index contributed by atoms with van der Waals surface area (Å²) >= 11 is 7.46. The van der Waals surface area contributed by atoms with Crippen LogP contribution in [-0.2, 0) is 4.79 Å². The lowest BCUT2D eigenvalue weighted by Crippen LogP contribution is -2.27. The number of thioether (sulfide) groups is 1. The van der Waals surface area contributed by atoms with E-state index in [-0.39, 0.29) is 11.5 Å². The van der Waals surface area contributed by atoms with Gasteiger partial charge in [0.2, 0.25) is 5.91 Å². The molecule has 1 aliphatic heterocycles. The van der Waals surface area contributed by atoms with E-state index in [1.54, 1.807) is 18.3 Å². The van der Waals surface area contributed by atoms with E-state index in [2.05, 4.69) is 10.3 Å². The predicted octanol–water partition coefficient (Wildman–Crippen LogP) is 6.63. The predicted molar refractivity (Wildman–Crippen MR) is 133 cm³/mol. The topological polar surface area (TPSA) is 45.2 Å². The first kappa shape index (κ1) is 24.5. The standard InChI is InChI=1S/C26H26ClF2N3OS/c1-17-16-31-24(30-11-3-13-32-12-2-4-25(32)33)15-21(17)26(22-14-19(28)7-10-23(22)29)34-20-8-5-18(27)6-9-20/h5-10,14-16,26H,2-4,11-13H2,1H3,(H,30,31). The Morgan fingerprint density at radius 3 is 2.68 bits per heavy atom. The minimum Gasteiger partial charge on any atom is -0.370 e. The molecule has 1 N–H and O–H groups in total. The van der Waals surface area contributed by atoms with Crippen LogP contribution in [0.5, 0.6) is 0 Å². The molecule has 0 spiro atoms. The molecule has 1 aliphatic rings. The number of hydrogen-bond donors (Lipinski definition) is 1. The Balaban J connectivity index is 1.56. The van der Waals surface area contributed by atoms with Gasteiger partial charge in [-0.05, 0) is 79.4 Å².